The second-order valence-corrected chi connectivity index (χ2v) is 6.29. The highest BCUT2D eigenvalue weighted by Gasteiger charge is 2.12. The number of benzene rings is 1. The lowest BCUT2D eigenvalue weighted by Gasteiger charge is -2.07. The smallest absolute Gasteiger partial charge is 0.240 e. The third-order valence-corrected chi connectivity index (χ3v) is 4.34. The second-order valence-electron chi connectivity index (χ2n) is 4.53. The summed E-state index contributed by atoms with van der Waals surface area (Å²) in [6.07, 6.45) is 3.60. The molecular formula is C13H18N4O2S. The maximum Gasteiger partial charge on any atom is 0.240 e. The molecule has 0 radical (unpaired) electrons. The van der Waals surface area contributed by atoms with E-state index in [1.165, 1.54) is 0 Å². The highest BCUT2D eigenvalue weighted by atomic mass is 32.2. The molecule has 1 heterocycles. The van der Waals surface area contributed by atoms with Gasteiger partial charge in [-0.2, -0.15) is 5.10 Å². The molecule has 20 heavy (non-hydrogen) atoms. The molecule has 7 heteroatoms. The van der Waals surface area contributed by atoms with Crippen LogP contribution in [0, 0.1) is 6.92 Å². The van der Waals surface area contributed by atoms with Gasteiger partial charge in [0.2, 0.25) is 10.0 Å². The second kappa shape index (κ2) is 6.17. The molecule has 108 valence electrons. The first kappa shape index (κ1) is 14.7. The number of sulfonamides is 1. The van der Waals surface area contributed by atoms with Crippen molar-refractivity contribution in [2.45, 2.75) is 24.9 Å². The Morgan fingerprint density at radius 3 is 2.55 bits per heavy atom. The standard InChI is InChI=1S/C13H18N4O2S/c1-11-9-15-17(10-11)7-6-16-20(18,19)13-4-2-12(8-14)3-5-13/h2-5,9-10,16H,6-8,14H2,1H3. The monoisotopic (exact) mass is 294 g/mol. The summed E-state index contributed by atoms with van der Waals surface area (Å²) < 4.78 is 28.4. The molecule has 1 aromatic carbocycles. The maximum absolute atomic E-state index is 12.1. The molecule has 0 aliphatic carbocycles. The summed E-state index contributed by atoms with van der Waals surface area (Å²) in [6.45, 7) is 3.12. The van der Waals surface area contributed by atoms with E-state index >= 15 is 0 Å². The Hall–Kier alpha value is -1.70. The van der Waals surface area contributed by atoms with E-state index in [2.05, 4.69) is 9.82 Å². The van der Waals surface area contributed by atoms with Crippen LogP contribution in [-0.4, -0.2) is 24.7 Å². The van der Waals surface area contributed by atoms with E-state index in [9.17, 15) is 8.42 Å². The topological polar surface area (TPSA) is 90.0 Å². The third kappa shape index (κ3) is 3.66. The van der Waals surface area contributed by atoms with E-state index in [-0.39, 0.29) is 4.90 Å². The van der Waals surface area contributed by atoms with Gasteiger partial charge in [-0.25, -0.2) is 13.1 Å². The van der Waals surface area contributed by atoms with E-state index in [1.54, 1.807) is 35.1 Å². The Balaban J connectivity index is 1.96. The largest absolute Gasteiger partial charge is 0.326 e. The third-order valence-electron chi connectivity index (χ3n) is 2.86. The summed E-state index contributed by atoms with van der Waals surface area (Å²) in [5, 5.41) is 4.10. The van der Waals surface area contributed by atoms with Crippen molar-refractivity contribution < 1.29 is 8.42 Å². The van der Waals surface area contributed by atoms with Crippen molar-refractivity contribution in [3.05, 3.63) is 47.8 Å². The van der Waals surface area contributed by atoms with Gasteiger partial charge in [0, 0.05) is 19.3 Å². The van der Waals surface area contributed by atoms with Gasteiger partial charge in [0.1, 0.15) is 0 Å². The summed E-state index contributed by atoms with van der Waals surface area (Å²) in [7, 11) is -3.48. The van der Waals surface area contributed by atoms with Crippen molar-refractivity contribution in [1.29, 1.82) is 0 Å². The van der Waals surface area contributed by atoms with Gasteiger partial charge in [-0.15, -0.1) is 0 Å². The van der Waals surface area contributed by atoms with Crippen LogP contribution in [-0.2, 0) is 23.1 Å². The average Bonchev–Trinajstić information content (AvgIpc) is 2.84. The normalized spacial score (nSPS) is 11.7. The van der Waals surface area contributed by atoms with Gasteiger partial charge in [0.05, 0.1) is 17.6 Å². The summed E-state index contributed by atoms with van der Waals surface area (Å²) in [5.74, 6) is 0. The van der Waals surface area contributed by atoms with Crippen molar-refractivity contribution in [3.63, 3.8) is 0 Å². The zero-order valence-corrected chi connectivity index (χ0v) is 12.1. The van der Waals surface area contributed by atoms with Gasteiger partial charge in [0.25, 0.3) is 0 Å². The van der Waals surface area contributed by atoms with Crippen molar-refractivity contribution in [2.24, 2.45) is 5.73 Å². The lowest BCUT2D eigenvalue weighted by atomic mass is 10.2. The Kier molecular flexibility index (Phi) is 4.53. The summed E-state index contributed by atoms with van der Waals surface area (Å²) in [4.78, 5) is 0.242. The van der Waals surface area contributed by atoms with Crippen LogP contribution in [0.1, 0.15) is 11.1 Å². The van der Waals surface area contributed by atoms with Crippen LogP contribution in [0.25, 0.3) is 0 Å². The maximum atomic E-state index is 12.1. The highest BCUT2D eigenvalue weighted by Crippen LogP contribution is 2.10. The zero-order chi connectivity index (χ0) is 14.6. The number of nitrogens with one attached hydrogen (secondary N) is 1. The average molecular weight is 294 g/mol. The minimum absolute atomic E-state index is 0.242. The first-order chi connectivity index (χ1) is 9.51. The lowest BCUT2D eigenvalue weighted by molar-refractivity contribution is 0.561. The van der Waals surface area contributed by atoms with Crippen molar-refractivity contribution in [2.75, 3.05) is 6.54 Å². The van der Waals surface area contributed by atoms with Crippen molar-refractivity contribution in [3.8, 4) is 0 Å². The van der Waals surface area contributed by atoms with Crippen LogP contribution in [0.5, 0.6) is 0 Å². The molecule has 3 N–H and O–H groups in total. The molecule has 0 aliphatic heterocycles. The molecule has 0 atom stereocenters. The predicted molar refractivity (Wildman–Crippen MR) is 76.5 cm³/mol. The van der Waals surface area contributed by atoms with Crippen LogP contribution < -0.4 is 10.5 Å². The van der Waals surface area contributed by atoms with Crippen LogP contribution in [0.4, 0.5) is 0 Å². The number of hydrogen-bond donors (Lipinski definition) is 2. The van der Waals surface area contributed by atoms with E-state index in [4.69, 9.17) is 5.73 Å². The fourth-order valence-corrected chi connectivity index (χ4v) is 2.79. The molecule has 0 spiro atoms. The minimum Gasteiger partial charge on any atom is -0.326 e. The van der Waals surface area contributed by atoms with Gasteiger partial charge < -0.3 is 5.73 Å². The number of nitrogens with zero attached hydrogens (tertiary/aromatic N) is 2. The van der Waals surface area contributed by atoms with E-state index in [0.717, 1.165) is 11.1 Å². The Bertz CT molecular complexity index is 662. The number of hydrogen-bond acceptors (Lipinski definition) is 4. The first-order valence-corrected chi connectivity index (χ1v) is 7.77. The summed E-state index contributed by atoms with van der Waals surface area (Å²) >= 11 is 0. The molecule has 0 aliphatic rings. The molecule has 0 saturated heterocycles. The van der Waals surface area contributed by atoms with Crippen molar-refractivity contribution in [1.82, 2.24) is 14.5 Å². The zero-order valence-electron chi connectivity index (χ0n) is 11.3. The van der Waals surface area contributed by atoms with Crippen LogP contribution >= 0.6 is 0 Å². The first-order valence-electron chi connectivity index (χ1n) is 6.29. The van der Waals surface area contributed by atoms with E-state index in [0.29, 0.717) is 19.6 Å². The molecule has 0 unspecified atom stereocenters. The fraction of sp³-hybridized carbons (Fsp3) is 0.308. The molecule has 0 amide bonds. The SMILES string of the molecule is Cc1cnn(CCNS(=O)(=O)c2ccc(CN)cc2)c1. The number of rotatable bonds is 6. The highest BCUT2D eigenvalue weighted by molar-refractivity contribution is 7.89. The molecule has 2 aromatic rings. The van der Waals surface area contributed by atoms with Gasteiger partial charge in [0.15, 0.2) is 0 Å². The molecular weight excluding hydrogens is 276 g/mol. The predicted octanol–water partition coefficient (Wildman–Crippen LogP) is 0.629. The molecule has 6 nitrogen and oxygen atoms in total. The quantitative estimate of drug-likeness (QED) is 0.817. The molecule has 2 rings (SSSR count). The Morgan fingerprint density at radius 2 is 2.00 bits per heavy atom. The van der Waals surface area contributed by atoms with Gasteiger partial charge in [-0.1, -0.05) is 12.1 Å². The molecule has 0 saturated carbocycles. The summed E-state index contributed by atoms with van der Waals surface area (Å²) in [5.41, 5.74) is 7.43. The number of aryl methyl sites for hydroxylation is 1. The van der Waals surface area contributed by atoms with Gasteiger partial charge in [-0.05, 0) is 30.2 Å². The van der Waals surface area contributed by atoms with Gasteiger partial charge in [-0.3, -0.25) is 4.68 Å². The van der Waals surface area contributed by atoms with E-state index in [1.807, 2.05) is 13.1 Å². The van der Waals surface area contributed by atoms with Crippen LogP contribution in [0.3, 0.4) is 0 Å². The minimum atomic E-state index is -3.48. The van der Waals surface area contributed by atoms with Crippen LogP contribution in [0.15, 0.2) is 41.6 Å². The fourth-order valence-electron chi connectivity index (χ4n) is 1.77. The summed E-state index contributed by atoms with van der Waals surface area (Å²) in [6, 6.07) is 6.54. The number of nitrogens with two attached hydrogens (primary N) is 1. The molecule has 0 bridgehead atoms. The Labute approximate surface area is 118 Å². The van der Waals surface area contributed by atoms with E-state index < -0.39 is 10.0 Å². The number of aromatic nitrogens is 2. The molecule has 1 aromatic heterocycles. The Morgan fingerprint density at radius 1 is 1.30 bits per heavy atom. The van der Waals surface area contributed by atoms with Crippen molar-refractivity contribution >= 4 is 10.0 Å². The molecule has 0 fully saturated rings. The van der Waals surface area contributed by atoms with Crippen LogP contribution in [0.2, 0.25) is 0 Å². The van der Waals surface area contributed by atoms with Gasteiger partial charge >= 0.3 is 0 Å². The lowest BCUT2D eigenvalue weighted by Crippen LogP contribution is -2.27.